The lowest BCUT2D eigenvalue weighted by Crippen LogP contribution is -2.04. The van der Waals surface area contributed by atoms with Crippen molar-refractivity contribution in [3.05, 3.63) is 71.6 Å². The van der Waals surface area contributed by atoms with Gasteiger partial charge in [-0.15, -0.1) is 0 Å². The Hall–Kier alpha value is -1.59. The number of halogens is 1. The van der Waals surface area contributed by atoms with Crippen molar-refractivity contribution in [2.45, 2.75) is 11.8 Å². The molecule has 0 amide bonds. The van der Waals surface area contributed by atoms with Crippen LogP contribution in [0.2, 0.25) is 0 Å². The zero-order chi connectivity index (χ0) is 14.6. The summed E-state index contributed by atoms with van der Waals surface area (Å²) in [6.07, 6.45) is 3.24. The maximum absolute atomic E-state index is 12.7. The molecule has 21 heavy (non-hydrogen) atoms. The molecule has 0 fully saturated rings. The van der Waals surface area contributed by atoms with Crippen LogP contribution in [-0.4, -0.2) is 14.2 Å². The second-order valence-corrected chi connectivity index (χ2v) is 6.58. The lowest BCUT2D eigenvalue weighted by atomic mass is 10.2. The SMILES string of the molecule is Cc1ccc(S(=O)(=O)CC=Cc2ccc(F)cc2)cc1.S. The first-order valence-corrected chi connectivity index (χ1v) is 7.84. The molecule has 0 N–H and O–H groups in total. The van der Waals surface area contributed by atoms with Gasteiger partial charge in [-0.2, -0.15) is 13.5 Å². The van der Waals surface area contributed by atoms with E-state index in [1.165, 1.54) is 12.1 Å². The van der Waals surface area contributed by atoms with Crippen LogP contribution in [-0.2, 0) is 9.84 Å². The molecular formula is C16H17FO2S2. The van der Waals surface area contributed by atoms with E-state index in [4.69, 9.17) is 0 Å². The molecule has 0 aliphatic carbocycles. The van der Waals surface area contributed by atoms with Crippen LogP contribution in [0.1, 0.15) is 11.1 Å². The minimum absolute atomic E-state index is 0. The first kappa shape index (κ1) is 17.5. The average molecular weight is 324 g/mol. The second-order valence-electron chi connectivity index (χ2n) is 4.55. The molecule has 0 heterocycles. The van der Waals surface area contributed by atoms with E-state index >= 15 is 0 Å². The molecule has 0 aliphatic rings. The van der Waals surface area contributed by atoms with Crippen molar-refractivity contribution < 1.29 is 12.8 Å². The van der Waals surface area contributed by atoms with Gasteiger partial charge in [0.05, 0.1) is 10.6 Å². The first-order chi connectivity index (χ1) is 9.47. The van der Waals surface area contributed by atoms with E-state index in [0.717, 1.165) is 11.1 Å². The van der Waals surface area contributed by atoms with E-state index < -0.39 is 9.84 Å². The Morgan fingerprint density at radius 1 is 1.00 bits per heavy atom. The Balaban J connectivity index is 0.00000220. The summed E-state index contributed by atoms with van der Waals surface area (Å²) >= 11 is 0. The van der Waals surface area contributed by atoms with Crippen molar-refractivity contribution in [1.82, 2.24) is 0 Å². The standard InChI is InChI=1S/C16H15FO2S.H2S/c1-13-4-10-16(11-5-13)20(18,19)12-2-3-14-6-8-15(17)9-7-14;/h2-11H,12H2,1H3;1H2. The van der Waals surface area contributed by atoms with Crippen LogP contribution in [0.5, 0.6) is 0 Å². The van der Waals surface area contributed by atoms with Crippen molar-refractivity contribution in [3.63, 3.8) is 0 Å². The number of hydrogen-bond acceptors (Lipinski definition) is 2. The molecule has 0 atom stereocenters. The highest BCUT2D eigenvalue weighted by molar-refractivity contribution is 7.91. The summed E-state index contributed by atoms with van der Waals surface area (Å²) in [6, 6.07) is 12.6. The molecule has 0 saturated carbocycles. The maximum Gasteiger partial charge on any atom is 0.181 e. The minimum atomic E-state index is -3.32. The van der Waals surface area contributed by atoms with Crippen molar-refractivity contribution in [2.75, 3.05) is 5.75 Å². The molecule has 0 spiro atoms. The molecule has 0 unspecified atom stereocenters. The fraction of sp³-hybridized carbons (Fsp3) is 0.125. The van der Waals surface area contributed by atoms with Crippen molar-refractivity contribution in [3.8, 4) is 0 Å². The Kier molecular flexibility index (Phi) is 6.18. The summed E-state index contributed by atoms with van der Waals surface area (Å²) in [7, 11) is -3.32. The van der Waals surface area contributed by atoms with Gasteiger partial charge in [0.2, 0.25) is 0 Å². The molecule has 2 nitrogen and oxygen atoms in total. The third-order valence-electron chi connectivity index (χ3n) is 2.88. The van der Waals surface area contributed by atoms with Crippen LogP contribution in [0.4, 0.5) is 4.39 Å². The van der Waals surface area contributed by atoms with E-state index in [9.17, 15) is 12.8 Å². The fourth-order valence-electron chi connectivity index (χ4n) is 1.73. The van der Waals surface area contributed by atoms with Crippen LogP contribution in [0, 0.1) is 12.7 Å². The first-order valence-electron chi connectivity index (χ1n) is 6.19. The highest BCUT2D eigenvalue weighted by Crippen LogP contribution is 2.13. The normalized spacial score (nSPS) is 11.3. The summed E-state index contributed by atoms with van der Waals surface area (Å²) < 4.78 is 36.9. The predicted octanol–water partition coefficient (Wildman–Crippen LogP) is 3.73. The summed E-state index contributed by atoms with van der Waals surface area (Å²) in [6.45, 7) is 1.91. The number of aryl methyl sites for hydroxylation is 1. The molecule has 5 heteroatoms. The van der Waals surface area contributed by atoms with E-state index in [0.29, 0.717) is 4.90 Å². The van der Waals surface area contributed by atoms with Gasteiger partial charge in [0.1, 0.15) is 5.82 Å². The zero-order valence-electron chi connectivity index (χ0n) is 11.6. The highest BCUT2D eigenvalue weighted by atomic mass is 32.2. The molecule has 0 bridgehead atoms. The molecule has 2 aromatic rings. The van der Waals surface area contributed by atoms with E-state index in [1.807, 2.05) is 6.92 Å². The van der Waals surface area contributed by atoms with Gasteiger partial charge in [-0.3, -0.25) is 0 Å². The molecule has 0 saturated heterocycles. The number of hydrogen-bond donors (Lipinski definition) is 0. The van der Waals surface area contributed by atoms with Gasteiger partial charge in [-0.25, -0.2) is 12.8 Å². The van der Waals surface area contributed by atoms with E-state index in [2.05, 4.69) is 0 Å². The third-order valence-corrected chi connectivity index (χ3v) is 4.50. The quantitative estimate of drug-likeness (QED) is 0.859. The Bertz CT molecular complexity index is 703. The van der Waals surface area contributed by atoms with Gasteiger partial charge in [-0.1, -0.05) is 42.0 Å². The average Bonchev–Trinajstić information content (AvgIpc) is 2.41. The smallest absolute Gasteiger partial charge is 0.181 e. The monoisotopic (exact) mass is 324 g/mol. The van der Waals surface area contributed by atoms with E-state index in [1.54, 1.807) is 48.6 Å². The highest BCUT2D eigenvalue weighted by Gasteiger charge is 2.11. The molecule has 2 aromatic carbocycles. The largest absolute Gasteiger partial charge is 0.223 e. The van der Waals surface area contributed by atoms with E-state index in [-0.39, 0.29) is 25.1 Å². The van der Waals surface area contributed by atoms with Crippen LogP contribution >= 0.6 is 13.5 Å². The topological polar surface area (TPSA) is 34.1 Å². The van der Waals surface area contributed by atoms with Crippen LogP contribution in [0.15, 0.2) is 59.5 Å². The van der Waals surface area contributed by atoms with Crippen LogP contribution in [0.3, 0.4) is 0 Å². The van der Waals surface area contributed by atoms with Crippen molar-refractivity contribution in [1.29, 1.82) is 0 Å². The summed E-state index contributed by atoms with van der Waals surface area (Å²) in [4.78, 5) is 0.312. The molecule has 0 radical (unpaired) electrons. The molecule has 112 valence electrons. The maximum atomic E-state index is 12.7. The summed E-state index contributed by atoms with van der Waals surface area (Å²) in [5.41, 5.74) is 1.79. The lowest BCUT2D eigenvalue weighted by Gasteiger charge is -2.01. The van der Waals surface area contributed by atoms with Crippen LogP contribution in [0.25, 0.3) is 6.08 Å². The lowest BCUT2D eigenvalue weighted by molar-refractivity contribution is 0.599. The molecule has 0 aliphatic heterocycles. The van der Waals surface area contributed by atoms with Gasteiger partial charge in [0.25, 0.3) is 0 Å². The molecule has 2 rings (SSSR count). The Labute approximate surface area is 131 Å². The molecular weight excluding hydrogens is 307 g/mol. The second kappa shape index (κ2) is 7.43. The van der Waals surface area contributed by atoms with Gasteiger partial charge < -0.3 is 0 Å². The fourth-order valence-corrected chi connectivity index (χ4v) is 2.82. The van der Waals surface area contributed by atoms with Gasteiger partial charge >= 0.3 is 0 Å². The Morgan fingerprint density at radius 2 is 1.57 bits per heavy atom. The van der Waals surface area contributed by atoms with Crippen molar-refractivity contribution >= 4 is 29.4 Å². The number of sulfone groups is 1. The number of rotatable bonds is 4. The number of benzene rings is 2. The summed E-state index contributed by atoms with van der Waals surface area (Å²) in [5.74, 6) is -0.387. The van der Waals surface area contributed by atoms with Gasteiger partial charge in [-0.05, 0) is 36.8 Å². The van der Waals surface area contributed by atoms with Crippen LogP contribution < -0.4 is 0 Å². The van der Waals surface area contributed by atoms with Crippen molar-refractivity contribution in [2.24, 2.45) is 0 Å². The Morgan fingerprint density at radius 3 is 2.14 bits per heavy atom. The predicted molar refractivity (Wildman–Crippen MR) is 89.0 cm³/mol. The summed E-state index contributed by atoms with van der Waals surface area (Å²) in [5, 5.41) is 0. The minimum Gasteiger partial charge on any atom is -0.223 e. The zero-order valence-corrected chi connectivity index (χ0v) is 13.4. The van der Waals surface area contributed by atoms with Gasteiger partial charge in [0, 0.05) is 0 Å². The van der Waals surface area contributed by atoms with Gasteiger partial charge in [0.15, 0.2) is 9.84 Å². The molecule has 0 aromatic heterocycles. The third kappa shape index (κ3) is 5.02.